The third kappa shape index (κ3) is 3.43. The van der Waals surface area contributed by atoms with E-state index in [4.69, 9.17) is 4.98 Å². The third-order valence-corrected chi connectivity index (χ3v) is 9.71. The van der Waals surface area contributed by atoms with Crippen molar-refractivity contribution >= 4 is 55.2 Å². The molecule has 2 nitrogen and oxygen atoms in total. The number of hydrogen-bond acceptors (Lipinski definition) is 2. The maximum absolute atomic E-state index is 5.33. The summed E-state index contributed by atoms with van der Waals surface area (Å²) in [6.45, 7) is 0. The van der Waals surface area contributed by atoms with Crippen LogP contribution < -0.4 is 0 Å². The zero-order valence-corrected chi connectivity index (χ0v) is 23.0. The van der Waals surface area contributed by atoms with Gasteiger partial charge >= 0.3 is 0 Å². The first-order valence-corrected chi connectivity index (χ1v) is 14.8. The summed E-state index contributed by atoms with van der Waals surface area (Å²) in [5.74, 6) is 0.950. The van der Waals surface area contributed by atoms with Crippen LogP contribution in [0, 0.1) is 0 Å². The Balaban J connectivity index is 1.44. The Morgan fingerprint density at radius 2 is 1.39 bits per heavy atom. The zero-order chi connectivity index (χ0) is 26.9. The molecule has 0 spiro atoms. The van der Waals surface area contributed by atoms with E-state index in [1.807, 2.05) is 11.8 Å². The van der Waals surface area contributed by atoms with Crippen molar-refractivity contribution in [2.24, 2.45) is 0 Å². The first kappa shape index (κ1) is 22.9. The van der Waals surface area contributed by atoms with E-state index in [0.717, 1.165) is 17.8 Å². The molecule has 9 rings (SSSR count). The van der Waals surface area contributed by atoms with Gasteiger partial charge in [-0.15, -0.1) is 0 Å². The van der Waals surface area contributed by atoms with Crippen LogP contribution in [0.25, 0.3) is 60.4 Å². The van der Waals surface area contributed by atoms with Crippen LogP contribution in [0.15, 0.2) is 143 Å². The van der Waals surface area contributed by atoms with E-state index in [1.165, 1.54) is 70.0 Å². The SMILES string of the molecule is c1ccc(-c2cc(-n3c4ccc5ccccc5c4c4ccc5c(c43)Sc3ccccc3C5)nc3ccccc23)cc1. The molecular formula is C38H24N2S. The van der Waals surface area contributed by atoms with Gasteiger partial charge in [0.2, 0.25) is 0 Å². The zero-order valence-electron chi connectivity index (χ0n) is 22.2. The molecule has 0 atom stereocenters. The molecule has 0 aliphatic carbocycles. The van der Waals surface area contributed by atoms with E-state index in [2.05, 4.69) is 138 Å². The Morgan fingerprint density at radius 3 is 2.32 bits per heavy atom. The second kappa shape index (κ2) is 8.82. The van der Waals surface area contributed by atoms with Gasteiger partial charge in [-0.25, -0.2) is 4.98 Å². The van der Waals surface area contributed by atoms with Gasteiger partial charge in [0.05, 0.1) is 16.6 Å². The predicted octanol–water partition coefficient (Wildman–Crippen LogP) is 10.2. The van der Waals surface area contributed by atoms with Crippen LogP contribution in [0.2, 0.25) is 0 Å². The van der Waals surface area contributed by atoms with Crippen molar-refractivity contribution < 1.29 is 0 Å². The van der Waals surface area contributed by atoms with Gasteiger partial charge in [-0.05, 0) is 63.7 Å². The van der Waals surface area contributed by atoms with Crippen LogP contribution in [0.1, 0.15) is 11.1 Å². The molecule has 1 aliphatic heterocycles. The molecule has 3 heteroatoms. The summed E-state index contributed by atoms with van der Waals surface area (Å²) in [5.41, 5.74) is 8.60. The fourth-order valence-electron chi connectivity index (χ4n) is 6.57. The van der Waals surface area contributed by atoms with Crippen LogP contribution in [0.5, 0.6) is 0 Å². The predicted molar refractivity (Wildman–Crippen MR) is 172 cm³/mol. The Bertz CT molecular complexity index is 2310. The van der Waals surface area contributed by atoms with Crippen molar-refractivity contribution in [3.63, 3.8) is 0 Å². The first-order valence-electron chi connectivity index (χ1n) is 14.0. The molecule has 0 bridgehead atoms. The average molecular weight is 541 g/mol. The summed E-state index contributed by atoms with van der Waals surface area (Å²) in [4.78, 5) is 8.00. The number of aromatic nitrogens is 2. The van der Waals surface area contributed by atoms with Gasteiger partial charge in [0, 0.05) is 25.9 Å². The molecule has 192 valence electrons. The van der Waals surface area contributed by atoms with Gasteiger partial charge in [0.25, 0.3) is 0 Å². The lowest BCUT2D eigenvalue weighted by Crippen LogP contribution is -2.04. The second-order valence-electron chi connectivity index (χ2n) is 10.8. The number of rotatable bonds is 2. The molecule has 0 saturated heterocycles. The molecule has 0 saturated carbocycles. The summed E-state index contributed by atoms with van der Waals surface area (Å²) in [5, 5.41) is 6.26. The summed E-state index contributed by atoms with van der Waals surface area (Å²) < 4.78 is 2.43. The molecule has 1 aliphatic rings. The van der Waals surface area contributed by atoms with E-state index in [9.17, 15) is 0 Å². The number of hydrogen-bond donors (Lipinski definition) is 0. The Morgan fingerprint density at radius 1 is 0.610 bits per heavy atom. The van der Waals surface area contributed by atoms with Crippen molar-refractivity contribution in [2.75, 3.05) is 0 Å². The highest BCUT2D eigenvalue weighted by atomic mass is 32.2. The van der Waals surface area contributed by atoms with Crippen molar-refractivity contribution in [2.45, 2.75) is 16.2 Å². The molecule has 8 aromatic rings. The lowest BCUT2D eigenvalue weighted by molar-refractivity contribution is 1.04. The molecule has 0 N–H and O–H groups in total. The summed E-state index contributed by atoms with van der Waals surface area (Å²) in [6, 6.07) is 48.3. The minimum atomic E-state index is 0.942. The third-order valence-electron chi connectivity index (χ3n) is 8.44. The smallest absolute Gasteiger partial charge is 0.138 e. The summed E-state index contributed by atoms with van der Waals surface area (Å²) in [6.07, 6.45) is 0.942. The van der Waals surface area contributed by atoms with Gasteiger partial charge in [-0.2, -0.15) is 0 Å². The number of pyridine rings is 1. The second-order valence-corrected chi connectivity index (χ2v) is 11.8. The lowest BCUT2D eigenvalue weighted by Gasteiger charge is -2.21. The molecular weight excluding hydrogens is 516 g/mol. The van der Waals surface area contributed by atoms with Crippen molar-refractivity contribution in [3.8, 4) is 16.9 Å². The molecule has 6 aromatic carbocycles. The van der Waals surface area contributed by atoms with E-state index < -0.39 is 0 Å². The Labute approximate surface area is 241 Å². The standard InChI is InChI=1S/C38H24N2S/c1-2-10-24(11-3-1)31-23-35(39-32-16-8-7-15-29(31)32)40-33-21-19-25-12-4-6-14-28(25)36(33)30-20-18-27-22-26-13-5-9-17-34(26)41-38(27)37(30)40/h1-21,23H,22H2. The van der Waals surface area contributed by atoms with Crippen LogP contribution >= 0.6 is 11.8 Å². The van der Waals surface area contributed by atoms with E-state index >= 15 is 0 Å². The number of para-hydroxylation sites is 1. The largest absolute Gasteiger partial charge is 0.293 e. The van der Waals surface area contributed by atoms with Gasteiger partial charge in [0.1, 0.15) is 5.82 Å². The van der Waals surface area contributed by atoms with Crippen molar-refractivity contribution in [1.82, 2.24) is 9.55 Å². The quantitative estimate of drug-likeness (QED) is 0.217. The van der Waals surface area contributed by atoms with Crippen LogP contribution in [-0.2, 0) is 6.42 Å². The fraction of sp³-hybridized carbons (Fsp3) is 0.0263. The summed E-state index contributed by atoms with van der Waals surface area (Å²) in [7, 11) is 0. The lowest BCUT2D eigenvalue weighted by atomic mass is 10.0. The normalized spacial score (nSPS) is 12.7. The van der Waals surface area contributed by atoms with E-state index in [-0.39, 0.29) is 0 Å². The number of benzene rings is 6. The molecule has 41 heavy (non-hydrogen) atoms. The van der Waals surface area contributed by atoms with Crippen molar-refractivity contribution in [1.29, 1.82) is 0 Å². The molecule has 2 aromatic heterocycles. The van der Waals surface area contributed by atoms with E-state index in [0.29, 0.717) is 0 Å². The molecule has 0 fully saturated rings. The number of nitrogens with zero attached hydrogens (tertiary/aromatic N) is 2. The van der Waals surface area contributed by atoms with Gasteiger partial charge < -0.3 is 0 Å². The van der Waals surface area contributed by atoms with Crippen molar-refractivity contribution in [3.05, 3.63) is 145 Å². The molecule has 0 amide bonds. The maximum atomic E-state index is 5.33. The maximum Gasteiger partial charge on any atom is 0.138 e. The minimum Gasteiger partial charge on any atom is -0.293 e. The molecule has 0 radical (unpaired) electrons. The van der Waals surface area contributed by atoms with Crippen LogP contribution in [-0.4, -0.2) is 9.55 Å². The molecule has 0 unspecified atom stereocenters. The monoisotopic (exact) mass is 540 g/mol. The topological polar surface area (TPSA) is 17.8 Å². The summed E-state index contributed by atoms with van der Waals surface area (Å²) >= 11 is 1.90. The highest BCUT2D eigenvalue weighted by molar-refractivity contribution is 7.99. The molecule has 3 heterocycles. The van der Waals surface area contributed by atoms with Gasteiger partial charge in [-0.3, -0.25) is 4.57 Å². The van der Waals surface area contributed by atoms with Gasteiger partial charge in [0.15, 0.2) is 0 Å². The first-order chi connectivity index (χ1) is 20.3. The van der Waals surface area contributed by atoms with Gasteiger partial charge in [-0.1, -0.05) is 121 Å². The highest BCUT2D eigenvalue weighted by Crippen LogP contribution is 2.47. The highest BCUT2D eigenvalue weighted by Gasteiger charge is 2.25. The Kier molecular flexibility index (Phi) is 4.93. The minimum absolute atomic E-state index is 0.942. The van der Waals surface area contributed by atoms with Crippen LogP contribution in [0.4, 0.5) is 0 Å². The Hall–Kier alpha value is -4.86. The van der Waals surface area contributed by atoms with Crippen LogP contribution in [0.3, 0.4) is 0 Å². The average Bonchev–Trinajstić information content (AvgIpc) is 3.39. The fourth-order valence-corrected chi connectivity index (χ4v) is 7.78. The number of fused-ring (bicyclic) bond motifs is 9. The van der Waals surface area contributed by atoms with E-state index in [1.54, 1.807) is 0 Å².